The average molecular weight is 278 g/mol. The van der Waals surface area contributed by atoms with E-state index in [9.17, 15) is 0 Å². The third kappa shape index (κ3) is 4.56. The Morgan fingerprint density at radius 2 is 2.05 bits per heavy atom. The van der Waals surface area contributed by atoms with E-state index >= 15 is 0 Å². The molecule has 19 heavy (non-hydrogen) atoms. The first-order chi connectivity index (χ1) is 8.78. The largest absolute Gasteiger partial charge is 0.466 e. The molecule has 1 atom stereocenters. The number of furan rings is 1. The van der Waals surface area contributed by atoms with Crippen LogP contribution in [0.15, 0.2) is 22.8 Å². The van der Waals surface area contributed by atoms with Crippen molar-refractivity contribution in [2.45, 2.75) is 64.8 Å². The van der Waals surface area contributed by atoms with Gasteiger partial charge in [-0.15, -0.1) is 5.92 Å². The van der Waals surface area contributed by atoms with Gasteiger partial charge in [0.25, 0.3) is 0 Å². The van der Waals surface area contributed by atoms with Crippen molar-refractivity contribution in [2.75, 3.05) is 0 Å². The summed E-state index contributed by atoms with van der Waals surface area (Å²) in [6, 6.07) is 3.83. The van der Waals surface area contributed by atoms with Crippen LogP contribution in [0.1, 0.15) is 52.4 Å². The molecule has 0 saturated carbocycles. The maximum atomic E-state index is 6.36. The van der Waals surface area contributed by atoms with Gasteiger partial charge < -0.3 is 8.84 Å². The van der Waals surface area contributed by atoms with Gasteiger partial charge in [-0.1, -0.05) is 33.6 Å². The molecule has 2 nitrogen and oxygen atoms in total. The lowest BCUT2D eigenvalue weighted by Crippen LogP contribution is -2.41. The number of unbranched alkanes of at least 4 members (excludes halogenated alkanes) is 1. The summed E-state index contributed by atoms with van der Waals surface area (Å²) in [6.45, 7) is 13.3. The SMILES string of the molecule is CCCC#CC(O[Si](C)(C)C(C)(C)C)c1ccco1. The second kappa shape index (κ2) is 6.45. The number of hydrogen-bond donors (Lipinski definition) is 0. The molecule has 3 heteroatoms. The lowest BCUT2D eigenvalue weighted by atomic mass is 10.2. The summed E-state index contributed by atoms with van der Waals surface area (Å²) < 4.78 is 11.8. The van der Waals surface area contributed by atoms with E-state index in [-0.39, 0.29) is 11.1 Å². The lowest BCUT2D eigenvalue weighted by Gasteiger charge is -2.37. The van der Waals surface area contributed by atoms with Gasteiger partial charge in [-0.3, -0.25) is 0 Å². The van der Waals surface area contributed by atoms with Crippen LogP contribution in [0.5, 0.6) is 0 Å². The van der Waals surface area contributed by atoms with Crippen LogP contribution >= 0.6 is 0 Å². The Hall–Kier alpha value is -0.983. The molecule has 0 aromatic carbocycles. The third-order valence-electron chi connectivity index (χ3n) is 3.63. The summed E-state index contributed by atoms with van der Waals surface area (Å²) in [4.78, 5) is 0. The second-order valence-corrected chi connectivity index (χ2v) is 11.1. The van der Waals surface area contributed by atoms with E-state index in [2.05, 4.69) is 52.6 Å². The number of rotatable bonds is 4. The first-order valence-electron chi connectivity index (χ1n) is 6.97. The molecule has 0 spiro atoms. The highest BCUT2D eigenvalue weighted by molar-refractivity contribution is 6.74. The highest BCUT2D eigenvalue weighted by atomic mass is 28.4. The molecule has 0 N–H and O–H groups in total. The van der Waals surface area contributed by atoms with Crippen molar-refractivity contribution in [3.8, 4) is 11.8 Å². The van der Waals surface area contributed by atoms with Crippen molar-refractivity contribution in [3.05, 3.63) is 24.2 Å². The predicted molar refractivity (Wildman–Crippen MR) is 82.4 cm³/mol. The summed E-state index contributed by atoms with van der Waals surface area (Å²) in [5.41, 5.74) is 0. The first kappa shape index (κ1) is 16.1. The Bertz CT molecular complexity index is 430. The van der Waals surface area contributed by atoms with Gasteiger partial charge in [0.05, 0.1) is 6.26 Å². The minimum absolute atomic E-state index is 0.171. The minimum atomic E-state index is -1.85. The molecule has 0 radical (unpaired) electrons. The molecule has 0 aliphatic carbocycles. The molecule has 0 saturated heterocycles. The van der Waals surface area contributed by atoms with Crippen LogP contribution in [-0.2, 0) is 4.43 Å². The van der Waals surface area contributed by atoms with Crippen molar-refractivity contribution in [3.63, 3.8) is 0 Å². The molecule has 0 amide bonds. The molecule has 0 aliphatic heterocycles. The normalized spacial score (nSPS) is 13.8. The molecular weight excluding hydrogens is 252 g/mol. The zero-order valence-corrected chi connectivity index (χ0v) is 14.0. The zero-order chi connectivity index (χ0) is 14.5. The van der Waals surface area contributed by atoms with E-state index < -0.39 is 8.32 Å². The highest BCUT2D eigenvalue weighted by Gasteiger charge is 2.39. The first-order valence-corrected chi connectivity index (χ1v) is 9.88. The summed E-state index contributed by atoms with van der Waals surface area (Å²) in [5.74, 6) is 7.22. The van der Waals surface area contributed by atoms with Crippen molar-refractivity contribution in [1.82, 2.24) is 0 Å². The van der Waals surface area contributed by atoms with E-state index in [0.717, 1.165) is 18.6 Å². The van der Waals surface area contributed by atoms with Gasteiger partial charge in [0, 0.05) is 6.42 Å². The third-order valence-corrected chi connectivity index (χ3v) is 8.07. The van der Waals surface area contributed by atoms with Crippen molar-refractivity contribution in [2.24, 2.45) is 0 Å². The van der Waals surface area contributed by atoms with Crippen LogP contribution in [0.2, 0.25) is 18.1 Å². The van der Waals surface area contributed by atoms with Gasteiger partial charge in [-0.25, -0.2) is 0 Å². The molecule has 1 aromatic heterocycles. The van der Waals surface area contributed by atoms with Crippen LogP contribution in [-0.4, -0.2) is 8.32 Å². The predicted octanol–water partition coefficient (Wildman–Crippen LogP) is 5.15. The quantitative estimate of drug-likeness (QED) is 0.561. The summed E-state index contributed by atoms with van der Waals surface area (Å²) in [7, 11) is -1.85. The second-order valence-electron chi connectivity index (χ2n) is 6.34. The Labute approximate surface area is 118 Å². The molecule has 106 valence electrons. The van der Waals surface area contributed by atoms with Gasteiger partial charge in [-0.05, 0) is 36.7 Å². The minimum Gasteiger partial charge on any atom is -0.466 e. The van der Waals surface area contributed by atoms with Crippen LogP contribution in [0.4, 0.5) is 0 Å². The standard InChI is InChI=1S/C16H26O2Si/c1-7-8-9-11-15(14-12-10-13-17-14)18-19(5,6)16(2,3)4/h10,12-13,15H,7-8H2,1-6H3. The maximum absolute atomic E-state index is 6.36. The van der Waals surface area contributed by atoms with Crippen molar-refractivity contribution in [1.29, 1.82) is 0 Å². The molecule has 1 heterocycles. The van der Waals surface area contributed by atoms with Crippen LogP contribution in [0.25, 0.3) is 0 Å². The van der Waals surface area contributed by atoms with Gasteiger partial charge >= 0.3 is 0 Å². The Morgan fingerprint density at radius 1 is 1.37 bits per heavy atom. The van der Waals surface area contributed by atoms with E-state index in [1.54, 1.807) is 6.26 Å². The molecule has 1 rings (SSSR count). The molecule has 1 unspecified atom stereocenters. The van der Waals surface area contributed by atoms with Gasteiger partial charge in [0.15, 0.2) is 14.4 Å². The van der Waals surface area contributed by atoms with Gasteiger partial charge in [-0.2, -0.15) is 0 Å². The molecule has 0 bridgehead atoms. The molecule has 0 aliphatic rings. The Kier molecular flexibility index (Phi) is 5.46. The van der Waals surface area contributed by atoms with E-state index in [4.69, 9.17) is 8.84 Å². The van der Waals surface area contributed by atoms with Gasteiger partial charge in [0.2, 0.25) is 0 Å². The molecule has 1 aromatic rings. The van der Waals surface area contributed by atoms with Crippen LogP contribution < -0.4 is 0 Å². The molecular formula is C16H26O2Si. The van der Waals surface area contributed by atoms with Crippen LogP contribution in [0, 0.1) is 11.8 Å². The fourth-order valence-corrected chi connectivity index (χ4v) is 2.48. The van der Waals surface area contributed by atoms with Gasteiger partial charge in [0.1, 0.15) is 5.76 Å². The van der Waals surface area contributed by atoms with E-state index in [1.807, 2.05) is 12.1 Å². The fraction of sp³-hybridized carbons (Fsp3) is 0.625. The summed E-state index contributed by atoms with van der Waals surface area (Å²) in [5, 5.41) is 0.171. The average Bonchev–Trinajstić information content (AvgIpc) is 2.79. The Morgan fingerprint density at radius 3 is 2.53 bits per heavy atom. The molecule has 0 fully saturated rings. The zero-order valence-electron chi connectivity index (χ0n) is 13.0. The smallest absolute Gasteiger partial charge is 0.194 e. The summed E-state index contributed by atoms with van der Waals surface area (Å²) >= 11 is 0. The maximum Gasteiger partial charge on any atom is 0.194 e. The van der Waals surface area contributed by atoms with E-state index in [1.165, 1.54) is 0 Å². The highest BCUT2D eigenvalue weighted by Crippen LogP contribution is 2.39. The topological polar surface area (TPSA) is 22.4 Å². The monoisotopic (exact) mass is 278 g/mol. The summed E-state index contributed by atoms with van der Waals surface area (Å²) in [6.07, 6.45) is 3.41. The van der Waals surface area contributed by atoms with Crippen molar-refractivity contribution < 1.29 is 8.84 Å². The van der Waals surface area contributed by atoms with E-state index in [0.29, 0.717) is 0 Å². The lowest BCUT2D eigenvalue weighted by molar-refractivity contribution is 0.209. The number of hydrogen-bond acceptors (Lipinski definition) is 2. The Balaban J connectivity index is 2.91. The van der Waals surface area contributed by atoms with Crippen LogP contribution in [0.3, 0.4) is 0 Å². The fourth-order valence-electron chi connectivity index (χ4n) is 1.36. The van der Waals surface area contributed by atoms with Crippen molar-refractivity contribution >= 4 is 8.32 Å².